The Hall–Kier alpha value is -2.58. The molecule has 4 nitrogen and oxygen atoms in total. The van der Waals surface area contributed by atoms with Crippen molar-refractivity contribution < 1.29 is 9.90 Å². The Morgan fingerprint density at radius 2 is 2.15 bits per heavy atom. The minimum atomic E-state index is -0.898. The van der Waals surface area contributed by atoms with Gasteiger partial charge in [-0.3, -0.25) is 0 Å². The summed E-state index contributed by atoms with van der Waals surface area (Å²) in [6, 6.07) is 13.1. The Labute approximate surface area is 119 Å². The molecule has 0 atom stereocenters. The number of aromatic nitrogens is 1. The molecule has 3 aromatic rings. The number of nitriles is 1. The van der Waals surface area contributed by atoms with E-state index in [2.05, 4.69) is 6.07 Å². The van der Waals surface area contributed by atoms with Gasteiger partial charge in [0.15, 0.2) is 0 Å². The van der Waals surface area contributed by atoms with Gasteiger partial charge < -0.3 is 9.67 Å². The van der Waals surface area contributed by atoms with E-state index in [0.717, 1.165) is 15.8 Å². The number of carbonyl (C=O) groups is 1. The average molecular weight is 282 g/mol. The van der Waals surface area contributed by atoms with Gasteiger partial charge in [0.25, 0.3) is 0 Å². The number of hydrogen-bond donors (Lipinski definition) is 1. The molecule has 5 heteroatoms. The minimum Gasteiger partial charge on any atom is -0.477 e. The maximum Gasteiger partial charge on any atom is 0.345 e. The normalized spacial score (nSPS) is 10.6. The van der Waals surface area contributed by atoms with Crippen LogP contribution in [-0.4, -0.2) is 15.6 Å². The van der Waals surface area contributed by atoms with Gasteiger partial charge >= 0.3 is 5.97 Å². The van der Waals surface area contributed by atoms with Crippen LogP contribution in [0.3, 0.4) is 0 Å². The highest BCUT2D eigenvalue weighted by atomic mass is 32.1. The number of thiophene rings is 1. The molecular formula is C15H10N2O2S. The van der Waals surface area contributed by atoms with Crippen LogP contribution in [0.15, 0.2) is 42.6 Å². The number of rotatable bonds is 3. The largest absolute Gasteiger partial charge is 0.477 e. The minimum absolute atomic E-state index is 0.342. The SMILES string of the molecule is N#Cc1ccc2ccn(Cc3ccc(C(=O)O)s3)c2c1. The highest BCUT2D eigenvalue weighted by molar-refractivity contribution is 7.13. The number of carboxylic acid groups (broad SMARTS) is 1. The molecule has 2 aromatic heterocycles. The van der Waals surface area contributed by atoms with Crippen molar-refractivity contribution in [3.05, 3.63) is 57.9 Å². The van der Waals surface area contributed by atoms with Crippen LogP contribution < -0.4 is 0 Å². The van der Waals surface area contributed by atoms with E-state index in [1.165, 1.54) is 11.3 Å². The molecule has 3 rings (SSSR count). The third kappa shape index (κ3) is 2.17. The van der Waals surface area contributed by atoms with Crippen molar-refractivity contribution in [2.75, 3.05) is 0 Å². The quantitative estimate of drug-likeness (QED) is 0.801. The molecule has 1 aromatic carbocycles. The molecule has 98 valence electrons. The summed E-state index contributed by atoms with van der Waals surface area (Å²) in [5, 5.41) is 19.0. The molecule has 0 radical (unpaired) electrons. The number of aromatic carboxylic acids is 1. The molecule has 0 fully saturated rings. The summed E-state index contributed by atoms with van der Waals surface area (Å²) in [5.74, 6) is -0.898. The van der Waals surface area contributed by atoms with Gasteiger partial charge in [-0.25, -0.2) is 4.79 Å². The van der Waals surface area contributed by atoms with Crippen molar-refractivity contribution in [3.63, 3.8) is 0 Å². The third-order valence-corrected chi connectivity index (χ3v) is 4.16. The zero-order chi connectivity index (χ0) is 14.1. The Morgan fingerprint density at radius 1 is 1.30 bits per heavy atom. The molecule has 0 aliphatic carbocycles. The van der Waals surface area contributed by atoms with Gasteiger partial charge in [0, 0.05) is 16.6 Å². The fraction of sp³-hybridized carbons (Fsp3) is 0.0667. The standard InChI is InChI=1S/C15H10N2O2S/c16-8-10-1-2-11-5-6-17(13(11)7-10)9-12-3-4-14(20-12)15(18)19/h1-7H,9H2,(H,18,19). The molecule has 0 saturated carbocycles. The molecule has 0 spiro atoms. The van der Waals surface area contributed by atoms with Gasteiger partial charge in [0.05, 0.1) is 18.2 Å². The van der Waals surface area contributed by atoms with Gasteiger partial charge in [0.1, 0.15) is 4.88 Å². The maximum absolute atomic E-state index is 10.9. The topological polar surface area (TPSA) is 66.0 Å². The van der Waals surface area contributed by atoms with E-state index in [1.54, 1.807) is 12.1 Å². The van der Waals surface area contributed by atoms with E-state index in [9.17, 15) is 4.79 Å². The van der Waals surface area contributed by atoms with Crippen LogP contribution in [0.1, 0.15) is 20.1 Å². The highest BCUT2D eigenvalue weighted by Crippen LogP contribution is 2.22. The second-order valence-corrected chi connectivity index (χ2v) is 5.57. The van der Waals surface area contributed by atoms with Gasteiger partial charge in [-0.1, -0.05) is 6.07 Å². The maximum atomic E-state index is 10.9. The summed E-state index contributed by atoms with van der Waals surface area (Å²) in [5.41, 5.74) is 1.60. The van der Waals surface area contributed by atoms with E-state index in [0.29, 0.717) is 17.0 Å². The van der Waals surface area contributed by atoms with Crippen LogP contribution in [0.2, 0.25) is 0 Å². The molecule has 0 aliphatic rings. The number of nitrogens with zero attached hydrogens (tertiary/aromatic N) is 2. The van der Waals surface area contributed by atoms with Gasteiger partial charge in [-0.05, 0) is 35.7 Å². The Morgan fingerprint density at radius 3 is 2.85 bits per heavy atom. The van der Waals surface area contributed by atoms with Crippen molar-refractivity contribution in [2.24, 2.45) is 0 Å². The van der Waals surface area contributed by atoms with E-state index in [-0.39, 0.29) is 0 Å². The van der Waals surface area contributed by atoms with Crippen LogP contribution in [0.5, 0.6) is 0 Å². The number of hydrogen-bond acceptors (Lipinski definition) is 3. The van der Waals surface area contributed by atoms with Crippen LogP contribution in [-0.2, 0) is 6.54 Å². The zero-order valence-electron chi connectivity index (χ0n) is 10.4. The van der Waals surface area contributed by atoms with Crippen molar-refractivity contribution in [2.45, 2.75) is 6.54 Å². The van der Waals surface area contributed by atoms with Gasteiger partial charge in [-0.15, -0.1) is 11.3 Å². The molecule has 0 bridgehead atoms. The fourth-order valence-electron chi connectivity index (χ4n) is 2.14. The summed E-state index contributed by atoms with van der Waals surface area (Å²) in [6.45, 7) is 0.607. The summed E-state index contributed by atoms with van der Waals surface area (Å²) >= 11 is 1.27. The first kappa shape index (κ1) is 12.5. The van der Waals surface area contributed by atoms with Crippen LogP contribution in [0.25, 0.3) is 10.9 Å². The van der Waals surface area contributed by atoms with E-state index < -0.39 is 5.97 Å². The predicted molar refractivity (Wildman–Crippen MR) is 77.0 cm³/mol. The molecule has 0 unspecified atom stereocenters. The zero-order valence-corrected chi connectivity index (χ0v) is 11.2. The number of benzene rings is 1. The van der Waals surface area contributed by atoms with Crippen LogP contribution in [0, 0.1) is 11.3 Å². The van der Waals surface area contributed by atoms with Crippen molar-refractivity contribution >= 4 is 28.2 Å². The first-order valence-corrected chi connectivity index (χ1v) is 6.80. The molecule has 20 heavy (non-hydrogen) atoms. The van der Waals surface area contributed by atoms with E-state index in [1.807, 2.05) is 35.0 Å². The Bertz CT molecular complexity index is 839. The lowest BCUT2D eigenvalue weighted by atomic mass is 10.2. The number of fused-ring (bicyclic) bond motifs is 1. The van der Waals surface area contributed by atoms with Gasteiger partial charge in [-0.2, -0.15) is 5.26 Å². The van der Waals surface area contributed by atoms with Crippen molar-refractivity contribution in [1.82, 2.24) is 4.57 Å². The fourth-order valence-corrected chi connectivity index (χ4v) is 2.98. The highest BCUT2D eigenvalue weighted by Gasteiger charge is 2.08. The summed E-state index contributed by atoms with van der Waals surface area (Å²) in [4.78, 5) is 12.2. The Balaban J connectivity index is 1.97. The molecule has 0 saturated heterocycles. The molecule has 0 amide bonds. The lowest BCUT2D eigenvalue weighted by Crippen LogP contribution is -1.95. The second-order valence-electron chi connectivity index (χ2n) is 4.40. The molecule has 1 N–H and O–H groups in total. The molecule has 0 aliphatic heterocycles. The molecular weight excluding hydrogens is 272 g/mol. The molecule has 2 heterocycles. The van der Waals surface area contributed by atoms with Crippen molar-refractivity contribution in [1.29, 1.82) is 5.26 Å². The first-order chi connectivity index (χ1) is 9.67. The monoisotopic (exact) mass is 282 g/mol. The van der Waals surface area contributed by atoms with E-state index in [4.69, 9.17) is 10.4 Å². The summed E-state index contributed by atoms with van der Waals surface area (Å²) in [7, 11) is 0. The summed E-state index contributed by atoms with van der Waals surface area (Å²) < 4.78 is 2.02. The lowest BCUT2D eigenvalue weighted by molar-refractivity contribution is 0.0702. The second kappa shape index (κ2) is 4.83. The van der Waals surface area contributed by atoms with Crippen LogP contribution in [0.4, 0.5) is 0 Å². The van der Waals surface area contributed by atoms with Gasteiger partial charge in [0.2, 0.25) is 0 Å². The predicted octanol–water partition coefficient (Wildman–Crippen LogP) is 3.32. The first-order valence-electron chi connectivity index (χ1n) is 5.98. The smallest absolute Gasteiger partial charge is 0.345 e. The summed E-state index contributed by atoms with van der Waals surface area (Å²) in [6.07, 6.45) is 1.95. The lowest BCUT2D eigenvalue weighted by Gasteiger charge is -2.03. The van der Waals surface area contributed by atoms with Crippen LogP contribution >= 0.6 is 11.3 Å². The Kier molecular flexibility index (Phi) is 3.01. The average Bonchev–Trinajstić information content (AvgIpc) is 3.06. The van der Waals surface area contributed by atoms with Crippen molar-refractivity contribution in [3.8, 4) is 6.07 Å². The van der Waals surface area contributed by atoms with E-state index >= 15 is 0 Å². The number of carboxylic acids is 1. The third-order valence-electron chi connectivity index (χ3n) is 3.10.